The Morgan fingerprint density at radius 1 is 1.11 bits per heavy atom. The van der Waals surface area contributed by atoms with E-state index in [0.29, 0.717) is 18.0 Å². The minimum atomic E-state index is -0.374. The minimum absolute atomic E-state index is 0.374. The fourth-order valence-corrected chi connectivity index (χ4v) is 2.11. The molecule has 0 heterocycles. The summed E-state index contributed by atoms with van der Waals surface area (Å²) < 4.78 is 12.2. The molecule has 0 amide bonds. The predicted molar refractivity (Wildman–Crippen MR) is 79.9 cm³/mol. The molecule has 0 fully saturated rings. The van der Waals surface area contributed by atoms with Crippen molar-refractivity contribution in [1.82, 2.24) is 0 Å². The van der Waals surface area contributed by atoms with E-state index in [9.17, 15) is 0 Å². The van der Waals surface area contributed by atoms with Crippen LogP contribution in [0.25, 0.3) is 0 Å². The lowest BCUT2D eigenvalue weighted by molar-refractivity contribution is -0.0758. The number of anilines is 1. The molecule has 2 aromatic rings. The molecule has 2 aromatic carbocycles. The quantitative estimate of drug-likeness (QED) is 0.669. The van der Waals surface area contributed by atoms with Crippen LogP contribution in [0, 0.1) is 0 Å². The van der Waals surface area contributed by atoms with E-state index >= 15 is 0 Å². The Bertz CT molecular complexity index is 511. The highest BCUT2D eigenvalue weighted by molar-refractivity contribution is 9.10. The Labute approximate surface area is 121 Å². The zero-order chi connectivity index (χ0) is 13.7. The second-order valence-corrected chi connectivity index (χ2v) is 4.99. The molecule has 1 atom stereocenters. The molecular formula is C15H16BrNO2. The van der Waals surface area contributed by atoms with Gasteiger partial charge in [-0.05, 0) is 40.5 Å². The van der Waals surface area contributed by atoms with E-state index in [-0.39, 0.29) is 6.29 Å². The second-order valence-electron chi connectivity index (χ2n) is 4.14. The lowest BCUT2D eigenvalue weighted by Gasteiger charge is -2.17. The number of para-hydroxylation sites is 1. The van der Waals surface area contributed by atoms with Gasteiger partial charge >= 0.3 is 0 Å². The fraction of sp³-hybridized carbons (Fsp3) is 0.200. The standard InChI is InChI=1S/C15H16BrNO2/c1-11(18-10-12-6-3-2-4-7-12)19-15-13(16)8-5-9-14(15)17/h2-9,11H,10,17H2,1H3. The molecule has 0 aliphatic rings. The van der Waals surface area contributed by atoms with Gasteiger partial charge in [0.1, 0.15) is 0 Å². The summed E-state index contributed by atoms with van der Waals surface area (Å²) in [6, 6.07) is 15.5. The van der Waals surface area contributed by atoms with E-state index in [2.05, 4.69) is 15.9 Å². The van der Waals surface area contributed by atoms with E-state index in [1.165, 1.54) is 0 Å². The first-order valence-corrected chi connectivity index (χ1v) is 6.82. The van der Waals surface area contributed by atoms with Gasteiger partial charge < -0.3 is 15.2 Å². The minimum Gasteiger partial charge on any atom is -0.462 e. The first kappa shape index (κ1) is 13.9. The molecule has 4 heteroatoms. The third-order valence-electron chi connectivity index (χ3n) is 2.61. The van der Waals surface area contributed by atoms with Crippen molar-refractivity contribution in [2.75, 3.05) is 5.73 Å². The van der Waals surface area contributed by atoms with Crippen LogP contribution in [0.15, 0.2) is 53.0 Å². The molecule has 0 radical (unpaired) electrons. The van der Waals surface area contributed by atoms with Crippen LogP contribution in [0.3, 0.4) is 0 Å². The molecule has 0 saturated carbocycles. The van der Waals surface area contributed by atoms with Gasteiger partial charge in [0.2, 0.25) is 0 Å². The molecule has 0 aromatic heterocycles. The number of hydrogen-bond acceptors (Lipinski definition) is 3. The largest absolute Gasteiger partial charge is 0.462 e. The van der Waals surface area contributed by atoms with Gasteiger partial charge in [-0.1, -0.05) is 36.4 Å². The van der Waals surface area contributed by atoms with Crippen molar-refractivity contribution in [3.63, 3.8) is 0 Å². The van der Waals surface area contributed by atoms with Gasteiger partial charge in [-0.3, -0.25) is 0 Å². The van der Waals surface area contributed by atoms with Gasteiger partial charge in [0.25, 0.3) is 0 Å². The fourth-order valence-electron chi connectivity index (χ4n) is 1.64. The summed E-state index contributed by atoms with van der Waals surface area (Å²) >= 11 is 3.41. The Balaban J connectivity index is 1.93. The molecule has 2 N–H and O–H groups in total. The van der Waals surface area contributed by atoms with E-state index in [1.807, 2.05) is 49.4 Å². The molecule has 3 nitrogen and oxygen atoms in total. The molecule has 0 saturated heterocycles. The van der Waals surface area contributed by atoms with Gasteiger partial charge in [-0.2, -0.15) is 0 Å². The predicted octanol–water partition coefficient (Wildman–Crippen LogP) is 3.97. The average Bonchev–Trinajstić information content (AvgIpc) is 2.42. The maximum Gasteiger partial charge on any atom is 0.197 e. The second kappa shape index (κ2) is 6.59. The number of nitrogen functional groups attached to an aromatic ring is 1. The van der Waals surface area contributed by atoms with Crippen molar-refractivity contribution < 1.29 is 9.47 Å². The molecule has 0 bridgehead atoms. The summed E-state index contributed by atoms with van der Waals surface area (Å²) in [5.74, 6) is 0.614. The van der Waals surface area contributed by atoms with E-state index in [1.54, 1.807) is 6.07 Å². The number of benzene rings is 2. The Kier molecular flexibility index (Phi) is 4.82. The van der Waals surface area contributed by atoms with Crippen molar-refractivity contribution >= 4 is 21.6 Å². The first-order chi connectivity index (χ1) is 9.16. The average molecular weight is 322 g/mol. The number of rotatable bonds is 5. The van der Waals surface area contributed by atoms with Gasteiger partial charge in [-0.15, -0.1) is 0 Å². The third kappa shape index (κ3) is 3.98. The third-order valence-corrected chi connectivity index (χ3v) is 3.23. The first-order valence-electron chi connectivity index (χ1n) is 6.03. The Hall–Kier alpha value is -1.52. The Morgan fingerprint density at radius 3 is 2.53 bits per heavy atom. The van der Waals surface area contributed by atoms with Crippen LogP contribution >= 0.6 is 15.9 Å². The highest BCUT2D eigenvalue weighted by atomic mass is 79.9. The smallest absolute Gasteiger partial charge is 0.197 e. The Morgan fingerprint density at radius 2 is 1.84 bits per heavy atom. The van der Waals surface area contributed by atoms with Gasteiger partial charge in [0.15, 0.2) is 12.0 Å². The van der Waals surface area contributed by atoms with E-state index in [4.69, 9.17) is 15.2 Å². The summed E-state index contributed by atoms with van der Waals surface area (Å²) in [5, 5.41) is 0. The van der Waals surface area contributed by atoms with Crippen molar-refractivity contribution in [3.8, 4) is 5.75 Å². The van der Waals surface area contributed by atoms with Gasteiger partial charge in [-0.25, -0.2) is 0 Å². The lowest BCUT2D eigenvalue weighted by Crippen LogP contribution is -2.17. The van der Waals surface area contributed by atoms with Crippen molar-refractivity contribution in [2.24, 2.45) is 0 Å². The summed E-state index contributed by atoms with van der Waals surface area (Å²) in [7, 11) is 0. The topological polar surface area (TPSA) is 44.5 Å². The number of nitrogens with two attached hydrogens (primary N) is 1. The van der Waals surface area contributed by atoms with E-state index in [0.717, 1.165) is 10.0 Å². The zero-order valence-electron chi connectivity index (χ0n) is 10.7. The molecular weight excluding hydrogens is 306 g/mol. The number of ether oxygens (including phenoxy) is 2. The van der Waals surface area contributed by atoms with Crippen LogP contribution in [-0.2, 0) is 11.3 Å². The highest BCUT2D eigenvalue weighted by Gasteiger charge is 2.10. The molecule has 1 unspecified atom stereocenters. The van der Waals surface area contributed by atoms with Crippen molar-refractivity contribution in [1.29, 1.82) is 0 Å². The van der Waals surface area contributed by atoms with Crippen molar-refractivity contribution in [3.05, 3.63) is 58.6 Å². The maximum absolute atomic E-state index is 5.87. The number of hydrogen-bond donors (Lipinski definition) is 1. The van der Waals surface area contributed by atoms with Gasteiger partial charge in [0, 0.05) is 0 Å². The summed E-state index contributed by atoms with van der Waals surface area (Å²) in [6.07, 6.45) is -0.374. The molecule has 100 valence electrons. The van der Waals surface area contributed by atoms with E-state index < -0.39 is 0 Å². The molecule has 0 aliphatic carbocycles. The van der Waals surface area contributed by atoms with Crippen molar-refractivity contribution in [2.45, 2.75) is 19.8 Å². The summed E-state index contributed by atoms with van der Waals surface area (Å²) in [6.45, 7) is 2.36. The zero-order valence-corrected chi connectivity index (χ0v) is 12.3. The lowest BCUT2D eigenvalue weighted by atomic mass is 10.2. The summed E-state index contributed by atoms with van der Waals surface area (Å²) in [4.78, 5) is 0. The monoisotopic (exact) mass is 321 g/mol. The molecule has 19 heavy (non-hydrogen) atoms. The molecule has 0 spiro atoms. The van der Waals surface area contributed by atoms with Crippen LogP contribution in [0.1, 0.15) is 12.5 Å². The van der Waals surface area contributed by atoms with Crippen LogP contribution < -0.4 is 10.5 Å². The maximum atomic E-state index is 5.87. The summed E-state index contributed by atoms with van der Waals surface area (Å²) in [5.41, 5.74) is 7.56. The van der Waals surface area contributed by atoms with Crippen LogP contribution in [0.2, 0.25) is 0 Å². The number of halogens is 1. The van der Waals surface area contributed by atoms with Crippen LogP contribution in [0.4, 0.5) is 5.69 Å². The normalized spacial score (nSPS) is 12.1. The highest BCUT2D eigenvalue weighted by Crippen LogP contribution is 2.31. The SMILES string of the molecule is CC(OCc1ccccc1)Oc1c(N)cccc1Br. The van der Waals surface area contributed by atoms with Gasteiger partial charge in [0.05, 0.1) is 16.8 Å². The van der Waals surface area contributed by atoms with Crippen LogP contribution in [0.5, 0.6) is 5.75 Å². The molecule has 2 rings (SSSR count). The van der Waals surface area contributed by atoms with Crippen LogP contribution in [-0.4, -0.2) is 6.29 Å². The molecule has 0 aliphatic heterocycles.